The van der Waals surface area contributed by atoms with Crippen LogP contribution in [0.25, 0.3) is 10.9 Å². The number of rotatable bonds is 4. The molecule has 0 bridgehead atoms. The molecule has 0 aliphatic carbocycles. The van der Waals surface area contributed by atoms with E-state index in [4.69, 9.17) is 0 Å². The average molecular weight is 294 g/mol. The molecular formula is C14H16BrNO. The lowest BCUT2D eigenvalue weighted by molar-refractivity contribution is -0.120. The standard InChI is InChI=1S/C14H16BrNO/c1-10(2)7-13(17)9-16-6-5-11-3-4-12(15)8-14(11)16/h3-6,8,10H,7,9H2,1-2H3. The van der Waals surface area contributed by atoms with Crippen LogP contribution in [0.5, 0.6) is 0 Å². The van der Waals surface area contributed by atoms with Gasteiger partial charge in [0.1, 0.15) is 0 Å². The van der Waals surface area contributed by atoms with Crippen molar-refractivity contribution in [3.63, 3.8) is 0 Å². The van der Waals surface area contributed by atoms with Crippen LogP contribution in [0.4, 0.5) is 0 Å². The molecule has 0 aliphatic rings. The van der Waals surface area contributed by atoms with Crippen LogP contribution in [-0.2, 0) is 11.3 Å². The molecule has 0 radical (unpaired) electrons. The Labute approximate surface area is 110 Å². The highest BCUT2D eigenvalue weighted by Crippen LogP contribution is 2.21. The summed E-state index contributed by atoms with van der Waals surface area (Å²) in [5.41, 5.74) is 1.11. The van der Waals surface area contributed by atoms with Crippen molar-refractivity contribution in [2.24, 2.45) is 5.92 Å². The van der Waals surface area contributed by atoms with Gasteiger partial charge in [-0.2, -0.15) is 0 Å². The molecule has 1 aromatic heterocycles. The molecule has 0 aliphatic heterocycles. The van der Waals surface area contributed by atoms with Gasteiger partial charge in [0.25, 0.3) is 0 Å². The number of fused-ring (bicyclic) bond motifs is 1. The van der Waals surface area contributed by atoms with E-state index in [9.17, 15) is 4.79 Å². The van der Waals surface area contributed by atoms with Crippen LogP contribution in [-0.4, -0.2) is 10.4 Å². The van der Waals surface area contributed by atoms with E-state index >= 15 is 0 Å². The maximum atomic E-state index is 11.8. The Kier molecular flexibility index (Phi) is 3.67. The summed E-state index contributed by atoms with van der Waals surface area (Å²) in [7, 11) is 0. The number of aromatic nitrogens is 1. The van der Waals surface area contributed by atoms with Crippen LogP contribution < -0.4 is 0 Å². The first-order valence-electron chi connectivity index (χ1n) is 5.82. The third kappa shape index (κ3) is 2.97. The fourth-order valence-corrected chi connectivity index (χ4v) is 2.35. The van der Waals surface area contributed by atoms with E-state index in [0.29, 0.717) is 18.9 Å². The fraction of sp³-hybridized carbons (Fsp3) is 0.357. The van der Waals surface area contributed by atoms with E-state index in [2.05, 4.69) is 41.9 Å². The van der Waals surface area contributed by atoms with Crippen LogP contribution in [0.1, 0.15) is 20.3 Å². The molecule has 2 aromatic rings. The van der Waals surface area contributed by atoms with Crippen LogP contribution >= 0.6 is 15.9 Å². The highest BCUT2D eigenvalue weighted by atomic mass is 79.9. The topological polar surface area (TPSA) is 22.0 Å². The minimum absolute atomic E-state index is 0.289. The smallest absolute Gasteiger partial charge is 0.152 e. The summed E-state index contributed by atoms with van der Waals surface area (Å²) < 4.78 is 3.06. The zero-order chi connectivity index (χ0) is 12.4. The number of ketones is 1. The summed E-state index contributed by atoms with van der Waals surface area (Å²) in [5.74, 6) is 0.716. The molecule has 0 fully saturated rings. The number of benzene rings is 1. The Hall–Kier alpha value is -1.09. The molecule has 3 heteroatoms. The number of halogens is 1. The predicted molar refractivity (Wildman–Crippen MR) is 74.1 cm³/mol. The Morgan fingerprint density at radius 3 is 2.82 bits per heavy atom. The van der Waals surface area contributed by atoms with Gasteiger partial charge in [-0.15, -0.1) is 0 Å². The summed E-state index contributed by atoms with van der Waals surface area (Å²) in [4.78, 5) is 11.8. The molecule has 2 rings (SSSR count). The van der Waals surface area contributed by atoms with Gasteiger partial charge in [-0.3, -0.25) is 4.79 Å². The Morgan fingerprint density at radius 1 is 1.35 bits per heavy atom. The summed E-state index contributed by atoms with van der Waals surface area (Å²) in [6, 6.07) is 8.17. The largest absolute Gasteiger partial charge is 0.340 e. The molecule has 2 nitrogen and oxygen atoms in total. The molecule has 0 N–H and O–H groups in total. The minimum atomic E-state index is 0.289. The van der Waals surface area contributed by atoms with Gasteiger partial charge < -0.3 is 4.57 Å². The molecule has 1 heterocycles. The van der Waals surface area contributed by atoms with Crippen LogP contribution in [0.15, 0.2) is 34.9 Å². The fourth-order valence-electron chi connectivity index (χ4n) is 2.00. The first-order valence-corrected chi connectivity index (χ1v) is 6.61. The quantitative estimate of drug-likeness (QED) is 0.834. The van der Waals surface area contributed by atoms with Crippen LogP contribution in [0.3, 0.4) is 0 Å². The monoisotopic (exact) mass is 293 g/mol. The van der Waals surface area contributed by atoms with Crippen molar-refractivity contribution in [1.82, 2.24) is 4.57 Å². The van der Waals surface area contributed by atoms with Gasteiger partial charge in [0.05, 0.1) is 6.54 Å². The number of nitrogens with zero attached hydrogens (tertiary/aromatic N) is 1. The van der Waals surface area contributed by atoms with E-state index in [-0.39, 0.29) is 5.78 Å². The van der Waals surface area contributed by atoms with E-state index < -0.39 is 0 Å². The van der Waals surface area contributed by atoms with E-state index in [1.807, 2.05) is 22.9 Å². The van der Waals surface area contributed by atoms with Crippen molar-refractivity contribution >= 4 is 32.6 Å². The summed E-state index contributed by atoms with van der Waals surface area (Å²) >= 11 is 3.46. The van der Waals surface area contributed by atoms with Gasteiger partial charge in [0.2, 0.25) is 0 Å². The van der Waals surface area contributed by atoms with Crippen molar-refractivity contribution < 1.29 is 4.79 Å². The van der Waals surface area contributed by atoms with Crippen molar-refractivity contribution in [2.75, 3.05) is 0 Å². The Bertz CT molecular complexity index is 542. The van der Waals surface area contributed by atoms with Crippen molar-refractivity contribution in [1.29, 1.82) is 0 Å². The number of Topliss-reactive ketones (excluding diaryl/α,β-unsaturated/α-hetero) is 1. The molecule has 1 aromatic carbocycles. The molecule has 17 heavy (non-hydrogen) atoms. The number of carbonyl (C=O) groups excluding carboxylic acids is 1. The highest BCUT2D eigenvalue weighted by molar-refractivity contribution is 9.10. The van der Waals surface area contributed by atoms with E-state index in [0.717, 1.165) is 9.99 Å². The highest BCUT2D eigenvalue weighted by Gasteiger charge is 2.08. The molecule has 0 saturated heterocycles. The van der Waals surface area contributed by atoms with Gasteiger partial charge in [0, 0.05) is 22.6 Å². The maximum absolute atomic E-state index is 11.8. The van der Waals surface area contributed by atoms with Gasteiger partial charge in [-0.1, -0.05) is 35.8 Å². The lowest BCUT2D eigenvalue weighted by Gasteiger charge is -2.07. The second-order valence-corrected chi connectivity index (χ2v) is 5.70. The Balaban J connectivity index is 2.24. The lowest BCUT2D eigenvalue weighted by atomic mass is 10.1. The van der Waals surface area contributed by atoms with Crippen LogP contribution in [0, 0.1) is 5.92 Å². The molecule has 0 spiro atoms. The Morgan fingerprint density at radius 2 is 2.12 bits per heavy atom. The first kappa shape index (κ1) is 12.4. The normalized spacial score (nSPS) is 11.3. The number of carbonyl (C=O) groups is 1. The molecule has 90 valence electrons. The van der Waals surface area contributed by atoms with Gasteiger partial charge in [-0.05, 0) is 29.5 Å². The summed E-state index contributed by atoms with van der Waals surface area (Å²) in [5, 5.41) is 1.17. The molecular weight excluding hydrogens is 278 g/mol. The van der Waals surface area contributed by atoms with Crippen LogP contribution in [0.2, 0.25) is 0 Å². The second kappa shape index (κ2) is 5.05. The molecule has 0 atom stereocenters. The van der Waals surface area contributed by atoms with E-state index in [1.54, 1.807) is 0 Å². The number of hydrogen-bond acceptors (Lipinski definition) is 1. The van der Waals surface area contributed by atoms with Gasteiger partial charge in [-0.25, -0.2) is 0 Å². The van der Waals surface area contributed by atoms with Crippen molar-refractivity contribution in [2.45, 2.75) is 26.8 Å². The maximum Gasteiger partial charge on any atom is 0.152 e. The second-order valence-electron chi connectivity index (χ2n) is 4.78. The predicted octanol–water partition coefficient (Wildman–Crippen LogP) is 4.02. The minimum Gasteiger partial charge on any atom is -0.340 e. The summed E-state index contributed by atoms with van der Waals surface area (Å²) in [6.45, 7) is 4.61. The van der Waals surface area contributed by atoms with Gasteiger partial charge >= 0.3 is 0 Å². The first-order chi connectivity index (χ1) is 8.06. The number of hydrogen-bond donors (Lipinski definition) is 0. The lowest BCUT2D eigenvalue weighted by Crippen LogP contribution is -2.11. The van der Waals surface area contributed by atoms with Gasteiger partial charge in [0.15, 0.2) is 5.78 Å². The third-order valence-electron chi connectivity index (χ3n) is 2.72. The molecule has 0 unspecified atom stereocenters. The third-order valence-corrected chi connectivity index (χ3v) is 3.21. The van der Waals surface area contributed by atoms with E-state index in [1.165, 1.54) is 5.39 Å². The van der Waals surface area contributed by atoms with Crippen molar-refractivity contribution in [3.8, 4) is 0 Å². The summed E-state index contributed by atoms with van der Waals surface area (Å²) in [6.07, 6.45) is 2.63. The SMILES string of the molecule is CC(C)CC(=O)Cn1ccc2ccc(Br)cc21. The average Bonchev–Trinajstić information content (AvgIpc) is 2.60. The van der Waals surface area contributed by atoms with Crippen molar-refractivity contribution in [3.05, 3.63) is 34.9 Å². The molecule has 0 saturated carbocycles. The zero-order valence-corrected chi connectivity index (χ0v) is 11.7. The zero-order valence-electron chi connectivity index (χ0n) is 10.1. The molecule has 0 amide bonds.